The van der Waals surface area contributed by atoms with Gasteiger partial charge in [0.05, 0.1) is 48.3 Å². The average molecular weight is 783 g/mol. The van der Waals surface area contributed by atoms with Crippen LogP contribution in [0.2, 0.25) is 0 Å². The molecule has 4 N–H and O–H groups in total. The van der Waals surface area contributed by atoms with Gasteiger partial charge in [-0.2, -0.15) is 0 Å². The molecule has 0 unspecified atom stereocenters. The molecule has 5 heterocycles. The van der Waals surface area contributed by atoms with Crippen LogP contribution in [-0.4, -0.2) is 96.2 Å². The summed E-state index contributed by atoms with van der Waals surface area (Å²) in [7, 11) is 1.29. The molecule has 14 nitrogen and oxygen atoms in total. The van der Waals surface area contributed by atoms with Crippen LogP contribution in [0.25, 0.3) is 33.6 Å². The monoisotopic (exact) mass is 782 g/mol. The molecule has 56 heavy (non-hydrogen) atoms. The quantitative estimate of drug-likeness (QED) is 0.142. The first-order valence-electron chi connectivity index (χ1n) is 19.2. The van der Waals surface area contributed by atoms with E-state index in [1.165, 1.54) is 7.11 Å². The van der Waals surface area contributed by atoms with Crippen LogP contribution < -0.4 is 10.6 Å². The minimum absolute atomic E-state index is 0.0490. The molecule has 4 aromatic rings. The van der Waals surface area contributed by atoms with Crippen molar-refractivity contribution >= 4 is 35.8 Å². The lowest BCUT2D eigenvalue weighted by Crippen LogP contribution is -2.54. The van der Waals surface area contributed by atoms with Gasteiger partial charge in [-0.25, -0.2) is 19.6 Å². The Morgan fingerprint density at radius 1 is 0.839 bits per heavy atom. The molecule has 0 aliphatic carbocycles. The molecule has 0 bridgehead atoms. The van der Waals surface area contributed by atoms with Gasteiger partial charge in [0.25, 0.3) is 0 Å². The second-order valence-corrected chi connectivity index (χ2v) is 17.1. The number of H-pyrrole nitrogens is 2. The third-order valence-electron chi connectivity index (χ3n) is 10.5. The molecule has 15 heteroatoms. The first-order chi connectivity index (χ1) is 26.8. The smallest absolute Gasteiger partial charge is 0.408 e. The van der Waals surface area contributed by atoms with Gasteiger partial charge in [0.1, 0.15) is 29.3 Å². The number of rotatable bonds is 9. The van der Waals surface area contributed by atoms with Crippen LogP contribution in [0.5, 0.6) is 0 Å². The predicted octanol–water partition coefficient (Wildman–Crippen LogP) is 6.81. The zero-order valence-corrected chi connectivity index (χ0v) is 33.4. The van der Waals surface area contributed by atoms with Crippen LogP contribution in [0.3, 0.4) is 0 Å². The molecule has 2 aromatic carbocycles. The number of hydrogen-bond donors (Lipinski definition) is 4. The molecule has 0 saturated carbocycles. The van der Waals surface area contributed by atoms with Gasteiger partial charge >= 0.3 is 12.2 Å². The fourth-order valence-corrected chi connectivity index (χ4v) is 9.11. The number of nitrogens with one attached hydrogen (secondary N) is 4. The second-order valence-electron chi connectivity index (χ2n) is 15.9. The Labute approximate surface area is 330 Å². The summed E-state index contributed by atoms with van der Waals surface area (Å²) in [6, 6.07) is 14.8. The first-order valence-corrected chi connectivity index (χ1v) is 20.2. The highest BCUT2D eigenvalue weighted by atomic mass is 32.2. The van der Waals surface area contributed by atoms with Gasteiger partial charge in [-0.15, -0.1) is 11.8 Å². The third-order valence-corrected chi connectivity index (χ3v) is 11.9. The molecular weight excluding hydrogens is 733 g/mol. The predicted molar refractivity (Wildman–Crippen MR) is 213 cm³/mol. The summed E-state index contributed by atoms with van der Waals surface area (Å²) in [5.74, 6) is 1.82. The number of aromatic nitrogens is 4. The number of alkyl carbamates (subject to hydrolysis) is 2. The van der Waals surface area contributed by atoms with E-state index in [1.807, 2.05) is 29.8 Å². The normalized spacial score (nSPS) is 21.5. The molecular formula is C41H50N8O6S. The van der Waals surface area contributed by atoms with Crippen LogP contribution in [-0.2, 0) is 19.1 Å². The first kappa shape index (κ1) is 38.9. The molecule has 296 valence electrons. The van der Waals surface area contributed by atoms with Crippen LogP contribution in [0.4, 0.5) is 9.59 Å². The summed E-state index contributed by atoms with van der Waals surface area (Å²) in [4.78, 5) is 71.4. The topological polar surface area (TPSA) is 175 Å². The van der Waals surface area contributed by atoms with E-state index in [1.54, 1.807) is 38.7 Å². The van der Waals surface area contributed by atoms with E-state index in [-0.39, 0.29) is 35.2 Å². The number of methoxy groups -OCH3 is 1. The fourth-order valence-electron chi connectivity index (χ4n) is 7.67. The van der Waals surface area contributed by atoms with E-state index in [0.29, 0.717) is 13.0 Å². The lowest BCUT2D eigenvalue weighted by molar-refractivity contribution is -0.138. The van der Waals surface area contributed by atoms with Crippen molar-refractivity contribution < 1.29 is 28.7 Å². The highest BCUT2D eigenvalue weighted by molar-refractivity contribution is 8.00. The highest BCUT2D eigenvalue weighted by Gasteiger charge is 2.46. The molecule has 7 rings (SSSR count). The van der Waals surface area contributed by atoms with Crippen molar-refractivity contribution in [2.45, 2.75) is 95.4 Å². The maximum Gasteiger partial charge on any atom is 0.408 e. The maximum atomic E-state index is 13.6. The van der Waals surface area contributed by atoms with Crippen molar-refractivity contribution in [1.29, 1.82) is 0 Å². The van der Waals surface area contributed by atoms with E-state index < -0.39 is 29.9 Å². The Hall–Kier alpha value is -5.31. The summed E-state index contributed by atoms with van der Waals surface area (Å²) < 4.78 is 10.2. The third kappa shape index (κ3) is 8.27. The number of hydrogen-bond acceptors (Lipinski definition) is 9. The Balaban J connectivity index is 0.988. The van der Waals surface area contributed by atoms with Crippen LogP contribution in [0.1, 0.15) is 84.0 Å². The zero-order chi connectivity index (χ0) is 39.7. The molecule has 3 fully saturated rings. The second kappa shape index (κ2) is 16.0. The Morgan fingerprint density at radius 2 is 1.41 bits per heavy atom. The Bertz CT molecular complexity index is 2060. The van der Waals surface area contributed by atoms with Gasteiger partial charge in [-0.3, -0.25) is 9.59 Å². The molecule has 3 aliphatic heterocycles. The number of imidazole rings is 2. The number of nitrogens with zero attached hydrogens (tertiary/aromatic N) is 4. The molecule has 0 spiro atoms. The van der Waals surface area contributed by atoms with E-state index in [2.05, 4.69) is 74.1 Å². The van der Waals surface area contributed by atoms with Crippen molar-refractivity contribution in [3.05, 3.63) is 72.6 Å². The summed E-state index contributed by atoms with van der Waals surface area (Å²) >= 11 is 1.75. The van der Waals surface area contributed by atoms with E-state index in [0.717, 1.165) is 70.3 Å². The summed E-state index contributed by atoms with van der Waals surface area (Å²) in [6.45, 7) is 9.79. The maximum absolute atomic E-state index is 13.6. The molecule has 5 atom stereocenters. The SMILES string of the molecule is COC(=O)N[C@H](C(=O)N1CCC[C@H]1c1ncc(-c2ccc(-c3ccc(-c4cnc([C@@H]5CS[C@H]6CC[C@H](NC(=O)OC(C)(C)C)C(=O)N65)[nH]4)cc3)cc2)[nH]1)C(C)C. The van der Waals surface area contributed by atoms with Crippen molar-refractivity contribution in [3.8, 4) is 33.6 Å². The van der Waals surface area contributed by atoms with Crippen molar-refractivity contribution in [2.75, 3.05) is 19.4 Å². The van der Waals surface area contributed by atoms with E-state index in [9.17, 15) is 19.2 Å². The number of fused-ring (bicyclic) bond motifs is 1. The lowest BCUT2D eigenvalue weighted by Gasteiger charge is -2.37. The number of amides is 4. The lowest BCUT2D eigenvalue weighted by atomic mass is 10.0. The number of benzene rings is 2. The van der Waals surface area contributed by atoms with Crippen LogP contribution in [0.15, 0.2) is 60.9 Å². The highest BCUT2D eigenvalue weighted by Crippen LogP contribution is 2.43. The van der Waals surface area contributed by atoms with E-state index >= 15 is 0 Å². The zero-order valence-electron chi connectivity index (χ0n) is 32.6. The number of thioether (sulfide) groups is 1. The fraction of sp³-hybridized carbons (Fsp3) is 0.463. The van der Waals surface area contributed by atoms with Gasteiger partial charge in [0.2, 0.25) is 11.8 Å². The number of likely N-dealkylation sites (tertiary alicyclic amines) is 1. The summed E-state index contributed by atoms with van der Waals surface area (Å²) in [5.41, 5.74) is 5.14. The largest absolute Gasteiger partial charge is 0.453 e. The van der Waals surface area contributed by atoms with Gasteiger partial charge in [-0.05, 0) is 74.6 Å². The average Bonchev–Trinajstić information content (AvgIpc) is 4.00. The number of aromatic amines is 2. The minimum atomic E-state index is -0.687. The van der Waals surface area contributed by atoms with Gasteiger partial charge < -0.3 is 39.9 Å². The number of ether oxygens (including phenoxy) is 2. The molecule has 4 amide bonds. The minimum Gasteiger partial charge on any atom is -0.453 e. The number of carbonyl (C=O) groups excluding carboxylic acids is 4. The van der Waals surface area contributed by atoms with Crippen molar-refractivity contribution in [1.82, 2.24) is 40.4 Å². The molecule has 3 aliphatic rings. The standard InChI is InChI=1S/C41H50N8O6S/c1-23(2)34(47-39(52)54-6)38(51)48-19-7-8-31(48)35-42-20-29(44-35)26-13-9-24(10-14-26)25-11-15-27(16-12-25)30-21-43-36(45-30)32-22-56-33-18-17-28(37(50)49(32)33)46-40(53)55-41(3,4)5/h9-16,20-21,23,28,31-34H,7-8,17-19,22H2,1-6H3,(H,42,44)(H,43,45)(H,46,53)(H,47,52)/t28-,31-,32-,33-,34-/m0/s1. The van der Waals surface area contributed by atoms with Crippen LogP contribution in [0, 0.1) is 5.92 Å². The van der Waals surface area contributed by atoms with Crippen molar-refractivity contribution in [3.63, 3.8) is 0 Å². The Kier molecular flexibility index (Phi) is 11.2. The molecule has 2 aromatic heterocycles. The van der Waals surface area contributed by atoms with Gasteiger partial charge in [0.15, 0.2) is 0 Å². The number of carbonyl (C=O) groups is 4. The molecule has 0 radical (unpaired) electrons. The summed E-state index contributed by atoms with van der Waals surface area (Å²) in [6.07, 6.45) is 5.39. The van der Waals surface area contributed by atoms with E-state index in [4.69, 9.17) is 14.5 Å². The molecule has 3 saturated heterocycles. The Morgan fingerprint density at radius 3 is 1.96 bits per heavy atom. The van der Waals surface area contributed by atoms with Gasteiger partial charge in [0, 0.05) is 12.3 Å². The number of piperidine rings is 1. The van der Waals surface area contributed by atoms with Crippen LogP contribution >= 0.6 is 11.8 Å². The van der Waals surface area contributed by atoms with Crippen molar-refractivity contribution in [2.24, 2.45) is 5.92 Å². The van der Waals surface area contributed by atoms with Gasteiger partial charge in [-0.1, -0.05) is 62.4 Å². The summed E-state index contributed by atoms with van der Waals surface area (Å²) in [5, 5.41) is 5.52.